The highest BCUT2D eigenvalue weighted by Gasteiger charge is 2.25. The van der Waals surface area contributed by atoms with Crippen LogP contribution < -0.4 is 10.1 Å². The first-order valence-corrected chi connectivity index (χ1v) is 8.03. The van der Waals surface area contributed by atoms with Gasteiger partial charge in [-0.1, -0.05) is 24.3 Å². The monoisotopic (exact) mass is 335 g/mol. The van der Waals surface area contributed by atoms with Crippen molar-refractivity contribution >= 4 is 5.91 Å². The van der Waals surface area contributed by atoms with Crippen LogP contribution in [0.25, 0.3) is 5.69 Å². The zero-order chi connectivity index (χ0) is 17.2. The first kappa shape index (κ1) is 15.3. The Morgan fingerprint density at radius 1 is 1.32 bits per heavy atom. The van der Waals surface area contributed by atoms with E-state index in [0.717, 1.165) is 6.42 Å². The Bertz CT molecular complexity index is 908. The van der Waals surface area contributed by atoms with Crippen LogP contribution in [0.2, 0.25) is 0 Å². The van der Waals surface area contributed by atoms with Crippen LogP contribution in [0.15, 0.2) is 48.8 Å². The van der Waals surface area contributed by atoms with Gasteiger partial charge in [-0.05, 0) is 46.2 Å². The number of hydrogen-bond donors (Lipinski definition) is 1. The van der Waals surface area contributed by atoms with Crippen LogP contribution in [0.5, 0.6) is 5.75 Å². The summed E-state index contributed by atoms with van der Waals surface area (Å²) in [6, 6.07) is 13.5. The van der Waals surface area contributed by atoms with Crippen molar-refractivity contribution in [1.82, 2.24) is 25.5 Å². The maximum absolute atomic E-state index is 12.5. The molecule has 0 aliphatic heterocycles. The molecule has 1 atom stereocenters. The molecule has 7 heteroatoms. The molecule has 126 valence electrons. The molecule has 0 radical (unpaired) electrons. The average molecular weight is 335 g/mol. The second-order valence-electron chi connectivity index (χ2n) is 5.95. The predicted octanol–water partition coefficient (Wildman–Crippen LogP) is 1.74. The minimum atomic E-state index is -0.124. The summed E-state index contributed by atoms with van der Waals surface area (Å²) in [5, 5.41) is 14.1. The number of hydrogen-bond acceptors (Lipinski definition) is 5. The Balaban J connectivity index is 1.48. The third-order valence-corrected chi connectivity index (χ3v) is 4.51. The number of benzene rings is 2. The molecule has 0 bridgehead atoms. The maximum Gasteiger partial charge on any atom is 0.251 e. The Kier molecular flexibility index (Phi) is 3.89. The molecule has 2 aromatic carbocycles. The van der Waals surface area contributed by atoms with E-state index in [9.17, 15) is 4.79 Å². The fraction of sp³-hybridized carbons (Fsp3) is 0.222. The number of carbonyl (C=O) groups is 1. The van der Waals surface area contributed by atoms with Gasteiger partial charge >= 0.3 is 0 Å². The van der Waals surface area contributed by atoms with Crippen molar-refractivity contribution in [3.8, 4) is 11.4 Å². The number of nitrogens with one attached hydrogen (secondary N) is 1. The quantitative estimate of drug-likeness (QED) is 0.768. The fourth-order valence-corrected chi connectivity index (χ4v) is 3.14. The third kappa shape index (κ3) is 2.84. The van der Waals surface area contributed by atoms with Crippen molar-refractivity contribution in [2.75, 3.05) is 13.7 Å². The highest BCUT2D eigenvalue weighted by atomic mass is 16.5. The topological polar surface area (TPSA) is 81.9 Å². The highest BCUT2D eigenvalue weighted by molar-refractivity contribution is 5.95. The number of aromatic nitrogens is 4. The summed E-state index contributed by atoms with van der Waals surface area (Å²) in [6.07, 6.45) is 2.47. The summed E-state index contributed by atoms with van der Waals surface area (Å²) >= 11 is 0. The van der Waals surface area contributed by atoms with Crippen molar-refractivity contribution in [2.24, 2.45) is 0 Å². The Morgan fingerprint density at radius 2 is 2.20 bits per heavy atom. The zero-order valence-corrected chi connectivity index (χ0v) is 13.7. The van der Waals surface area contributed by atoms with Crippen molar-refractivity contribution in [3.63, 3.8) is 0 Å². The van der Waals surface area contributed by atoms with E-state index in [-0.39, 0.29) is 5.91 Å². The van der Waals surface area contributed by atoms with Crippen LogP contribution in [-0.4, -0.2) is 39.8 Å². The van der Waals surface area contributed by atoms with Gasteiger partial charge in [-0.3, -0.25) is 4.79 Å². The van der Waals surface area contributed by atoms with E-state index in [0.29, 0.717) is 29.5 Å². The Labute approximate surface area is 144 Å². The van der Waals surface area contributed by atoms with Gasteiger partial charge in [0.05, 0.1) is 7.11 Å². The van der Waals surface area contributed by atoms with Crippen molar-refractivity contribution < 1.29 is 9.53 Å². The molecule has 7 nitrogen and oxygen atoms in total. The van der Waals surface area contributed by atoms with Gasteiger partial charge in [0.25, 0.3) is 5.91 Å². The molecular weight excluding hydrogens is 318 g/mol. The van der Waals surface area contributed by atoms with Gasteiger partial charge in [-0.25, -0.2) is 0 Å². The molecule has 1 unspecified atom stereocenters. The molecule has 0 spiro atoms. The van der Waals surface area contributed by atoms with E-state index in [1.807, 2.05) is 12.1 Å². The van der Waals surface area contributed by atoms with Gasteiger partial charge in [0.15, 0.2) is 0 Å². The number of tetrazole rings is 1. The van der Waals surface area contributed by atoms with E-state index >= 15 is 0 Å². The molecule has 1 aliphatic rings. The van der Waals surface area contributed by atoms with E-state index in [2.05, 4.69) is 33.0 Å². The lowest BCUT2D eigenvalue weighted by Gasteiger charge is -2.30. The van der Waals surface area contributed by atoms with E-state index in [1.54, 1.807) is 25.3 Å². The first-order chi connectivity index (χ1) is 12.3. The summed E-state index contributed by atoms with van der Waals surface area (Å²) in [4.78, 5) is 12.5. The molecule has 4 rings (SSSR count). The van der Waals surface area contributed by atoms with Crippen LogP contribution in [0, 0.1) is 0 Å². The smallest absolute Gasteiger partial charge is 0.251 e. The van der Waals surface area contributed by atoms with Crippen LogP contribution >= 0.6 is 0 Å². The van der Waals surface area contributed by atoms with Crippen LogP contribution in [-0.2, 0) is 6.42 Å². The average Bonchev–Trinajstić information content (AvgIpc) is 3.16. The molecule has 1 N–H and O–H groups in total. The number of fused-ring (bicyclic) bond motifs is 1. The maximum atomic E-state index is 12.5. The summed E-state index contributed by atoms with van der Waals surface area (Å²) in [7, 11) is 1.57. The minimum absolute atomic E-state index is 0.124. The van der Waals surface area contributed by atoms with Gasteiger partial charge in [-0.2, -0.15) is 4.68 Å². The van der Waals surface area contributed by atoms with Gasteiger partial charge in [-0.15, -0.1) is 5.10 Å². The number of methoxy groups -OCH3 is 1. The summed E-state index contributed by atoms with van der Waals surface area (Å²) in [5.74, 6) is 0.857. The summed E-state index contributed by atoms with van der Waals surface area (Å²) in [6.45, 7) is 0.627. The molecule has 0 saturated carbocycles. The molecular formula is C18H17N5O2. The lowest BCUT2D eigenvalue weighted by molar-refractivity contribution is 0.0950. The molecule has 0 saturated heterocycles. The van der Waals surface area contributed by atoms with Crippen molar-refractivity contribution in [3.05, 3.63) is 65.5 Å². The first-order valence-electron chi connectivity index (χ1n) is 8.03. The second kappa shape index (κ2) is 6.35. The fourth-order valence-electron chi connectivity index (χ4n) is 3.14. The minimum Gasteiger partial charge on any atom is -0.494 e. The van der Waals surface area contributed by atoms with Crippen LogP contribution in [0.1, 0.15) is 27.4 Å². The van der Waals surface area contributed by atoms with Gasteiger partial charge in [0.2, 0.25) is 0 Å². The van der Waals surface area contributed by atoms with Gasteiger partial charge in [0.1, 0.15) is 17.8 Å². The SMILES string of the molecule is COc1ccc(C(=O)NCC2Cc3ccccc32)cc1-n1cnnn1. The largest absolute Gasteiger partial charge is 0.494 e. The van der Waals surface area contributed by atoms with Gasteiger partial charge < -0.3 is 10.1 Å². The molecule has 1 aliphatic carbocycles. The summed E-state index contributed by atoms with van der Waals surface area (Å²) in [5.41, 5.74) is 3.85. The lowest BCUT2D eigenvalue weighted by atomic mass is 9.77. The molecule has 1 aromatic heterocycles. The Hall–Kier alpha value is -3.22. The summed E-state index contributed by atoms with van der Waals surface area (Å²) < 4.78 is 6.79. The second-order valence-corrected chi connectivity index (χ2v) is 5.95. The van der Waals surface area contributed by atoms with Crippen LogP contribution in [0.4, 0.5) is 0 Å². The van der Waals surface area contributed by atoms with E-state index in [4.69, 9.17) is 4.74 Å². The number of ether oxygens (including phenoxy) is 1. The van der Waals surface area contributed by atoms with Gasteiger partial charge in [0, 0.05) is 18.0 Å². The highest BCUT2D eigenvalue weighted by Crippen LogP contribution is 2.34. The normalized spacial score (nSPS) is 15.2. The van der Waals surface area contributed by atoms with Crippen molar-refractivity contribution in [2.45, 2.75) is 12.3 Å². The zero-order valence-electron chi connectivity index (χ0n) is 13.7. The number of rotatable bonds is 5. The Morgan fingerprint density at radius 3 is 2.96 bits per heavy atom. The number of amides is 1. The molecule has 1 heterocycles. The lowest BCUT2D eigenvalue weighted by Crippen LogP contribution is -2.33. The third-order valence-electron chi connectivity index (χ3n) is 4.51. The molecule has 1 amide bonds. The standard InChI is InChI=1S/C18H17N5O2/c1-25-17-7-6-13(9-16(17)23-11-20-21-22-23)18(24)19-10-14-8-12-4-2-3-5-15(12)14/h2-7,9,11,14H,8,10H2,1H3,(H,19,24). The van der Waals surface area contributed by atoms with Crippen molar-refractivity contribution in [1.29, 1.82) is 0 Å². The molecule has 0 fully saturated rings. The van der Waals surface area contributed by atoms with E-state index in [1.165, 1.54) is 22.1 Å². The van der Waals surface area contributed by atoms with Crippen LogP contribution in [0.3, 0.4) is 0 Å². The number of nitrogens with zero attached hydrogens (tertiary/aromatic N) is 4. The number of carbonyl (C=O) groups excluding carboxylic acids is 1. The van der Waals surface area contributed by atoms with E-state index < -0.39 is 0 Å². The predicted molar refractivity (Wildman–Crippen MR) is 90.9 cm³/mol. The molecule has 3 aromatic rings. The molecule has 25 heavy (non-hydrogen) atoms.